The van der Waals surface area contributed by atoms with Gasteiger partial charge in [0.05, 0.1) is 13.7 Å². The molecule has 1 unspecified atom stereocenters. The zero-order chi connectivity index (χ0) is 14.9. The van der Waals surface area contributed by atoms with Crippen LogP contribution in [0.25, 0.3) is 0 Å². The zero-order valence-electron chi connectivity index (χ0n) is 14.2. The van der Waals surface area contributed by atoms with Gasteiger partial charge in [-0.3, -0.25) is 0 Å². The highest BCUT2D eigenvalue weighted by molar-refractivity contribution is 5.38. The van der Waals surface area contributed by atoms with Gasteiger partial charge in [0, 0.05) is 12.0 Å². The largest absolute Gasteiger partial charge is 1.00 e. The zero-order valence-corrected chi connectivity index (χ0v) is 15.0. The molecule has 2 nitrogen and oxygen atoms in total. The van der Waals surface area contributed by atoms with Gasteiger partial charge >= 0.3 is 0 Å². The summed E-state index contributed by atoms with van der Waals surface area (Å²) in [5, 5.41) is 2.57. The van der Waals surface area contributed by atoms with Crippen LogP contribution in [0.15, 0.2) is 18.2 Å². The number of hydrogen-bond acceptors (Lipinski definition) is 1. The highest BCUT2D eigenvalue weighted by atomic mass is 35.5. The molecule has 2 rings (SSSR count). The quantitative estimate of drug-likeness (QED) is 0.674. The Kier molecular flexibility index (Phi) is 9.58. The van der Waals surface area contributed by atoms with E-state index in [1.807, 2.05) is 0 Å². The Morgan fingerprint density at radius 3 is 2.68 bits per heavy atom. The summed E-state index contributed by atoms with van der Waals surface area (Å²) >= 11 is 0. The molecule has 0 saturated carbocycles. The van der Waals surface area contributed by atoms with Crippen LogP contribution in [0, 0.1) is 0 Å². The summed E-state index contributed by atoms with van der Waals surface area (Å²) in [5.74, 6) is 1.00. The van der Waals surface area contributed by atoms with Gasteiger partial charge in [-0.25, -0.2) is 0 Å². The highest BCUT2D eigenvalue weighted by Crippen LogP contribution is 2.29. The summed E-state index contributed by atoms with van der Waals surface area (Å²) in [7, 11) is 1.76. The lowest BCUT2D eigenvalue weighted by Gasteiger charge is -2.24. The number of halogens is 1. The fraction of sp³-hybridized carbons (Fsp3) is 0.684. The smallest absolute Gasteiger partial charge is 0.119 e. The molecule has 0 fully saturated rings. The summed E-state index contributed by atoms with van der Waals surface area (Å²) in [4.78, 5) is 0. The minimum Gasteiger partial charge on any atom is -1.00 e. The van der Waals surface area contributed by atoms with Gasteiger partial charge in [0.25, 0.3) is 0 Å². The lowest BCUT2D eigenvalue weighted by molar-refractivity contribution is -0.697. The normalized spacial score (nSPS) is 16.7. The van der Waals surface area contributed by atoms with E-state index in [-0.39, 0.29) is 12.4 Å². The molecule has 1 atom stereocenters. The third-order valence-electron chi connectivity index (χ3n) is 4.72. The van der Waals surface area contributed by atoms with Crippen LogP contribution in [-0.4, -0.2) is 13.7 Å². The molecule has 0 amide bonds. The lowest BCUT2D eigenvalue weighted by atomic mass is 9.87. The second-order valence-electron chi connectivity index (χ2n) is 6.36. The third kappa shape index (κ3) is 5.81. The van der Waals surface area contributed by atoms with Crippen molar-refractivity contribution >= 4 is 0 Å². The van der Waals surface area contributed by atoms with Gasteiger partial charge in [0.1, 0.15) is 11.8 Å². The first-order chi connectivity index (χ1) is 10.3. The Hall–Kier alpha value is -0.730. The van der Waals surface area contributed by atoms with Crippen LogP contribution in [0.3, 0.4) is 0 Å². The van der Waals surface area contributed by atoms with Crippen LogP contribution in [0.2, 0.25) is 0 Å². The van der Waals surface area contributed by atoms with Gasteiger partial charge < -0.3 is 22.5 Å². The number of aryl methyl sites for hydroxylation is 1. The van der Waals surface area contributed by atoms with Crippen molar-refractivity contribution in [1.82, 2.24) is 0 Å². The molecule has 2 N–H and O–H groups in total. The van der Waals surface area contributed by atoms with Gasteiger partial charge in [0.2, 0.25) is 0 Å². The van der Waals surface area contributed by atoms with Crippen molar-refractivity contribution in [3.05, 3.63) is 29.3 Å². The first kappa shape index (κ1) is 19.3. The maximum Gasteiger partial charge on any atom is 0.119 e. The minimum absolute atomic E-state index is 0. The summed E-state index contributed by atoms with van der Waals surface area (Å²) in [6.07, 6.45) is 12.2. The van der Waals surface area contributed by atoms with E-state index in [1.165, 1.54) is 69.9 Å². The van der Waals surface area contributed by atoms with E-state index in [0.29, 0.717) is 6.04 Å². The molecule has 0 aliphatic heterocycles. The van der Waals surface area contributed by atoms with Crippen molar-refractivity contribution < 1.29 is 22.5 Å². The molecule has 0 spiro atoms. The van der Waals surface area contributed by atoms with Gasteiger partial charge in [-0.15, -0.1) is 0 Å². The van der Waals surface area contributed by atoms with Crippen molar-refractivity contribution in [2.75, 3.05) is 13.7 Å². The average Bonchev–Trinajstić information content (AvgIpc) is 2.53. The number of unbranched alkanes of at least 4 members (excludes halogenated alkanes) is 5. The second kappa shape index (κ2) is 10.9. The van der Waals surface area contributed by atoms with E-state index in [1.54, 1.807) is 12.7 Å². The van der Waals surface area contributed by atoms with Crippen LogP contribution in [-0.2, 0) is 6.42 Å². The molecule has 126 valence electrons. The standard InChI is InChI=1S/C19H31NO.ClH/c1-3-4-5-6-7-8-14-20-19-11-9-10-16-15-17(21-2)12-13-18(16)19;/h12-13,15,19-20H,3-11,14H2,1-2H3;1H. The van der Waals surface area contributed by atoms with Crippen molar-refractivity contribution in [3.8, 4) is 5.75 Å². The monoisotopic (exact) mass is 325 g/mol. The lowest BCUT2D eigenvalue weighted by Crippen LogP contribution is -3.00. The summed E-state index contributed by atoms with van der Waals surface area (Å²) in [6.45, 7) is 3.56. The highest BCUT2D eigenvalue weighted by Gasteiger charge is 2.22. The number of nitrogens with two attached hydrogens (primary N) is 1. The fourth-order valence-corrected chi connectivity index (χ4v) is 3.44. The molecule has 0 radical (unpaired) electrons. The number of hydrogen-bond donors (Lipinski definition) is 1. The van der Waals surface area contributed by atoms with E-state index < -0.39 is 0 Å². The molecule has 22 heavy (non-hydrogen) atoms. The number of quaternary nitrogens is 1. The summed E-state index contributed by atoms with van der Waals surface area (Å²) in [6, 6.07) is 7.32. The van der Waals surface area contributed by atoms with Crippen molar-refractivity contribution in [1.29, 1.82) is 0 Å². The van der Waals surface area contributed by atoms with Crippen LogP contribution in [0.5, 0.6) is 5.75 Å². The van der Waals surface area contributed by atoms with Gasteiger partial charge in [0.15, 0.2) is 0 Å². The van der Waals surface area contributed by atoms with E-state index in [0.717, 1.165) is 5.75 Å². The summed E-state index contributed by atoms with van der Waals surface area (Å²) < 4.78 is 5.35. The van der Waals surface area contributed by atoms with Crippen LogP contribution in [0.1, 0.15) is 75.5 Å². The minimum atomic E-state index is 0. The van der Waals surface area contributed by atoms with Gasteiger partial charge in [-0.2, -0.15) is 0 Å². The number of methoxy groups -OCH3 is 1. The van der Waals surface area contributed by atoms with E-state index in [4.69, 9.17) is 4.74 Å². The first-order valence-electron chi connectivity index (χ1n) is 8.85. The van der Waals surface area contributed by atoms with Crippen LogP contribution in [0.4, 0.5) is 0 Å². The Morgan fingerprint density at radius 2 is 1.91 bits per heavy atom. The Morgan fingerprint density at radius 1 is 1.14 bits per heavy atom. The van der Waals surface area contributed by atoms with Crippen molar-refractivity contribution in [3.63, 3.8) is 0 Å². The maximum atomic E-state index is 5.35. The van der Waals surface area contributed by atoms with Crippen LogP contribution < -0.4 is 22.5 Å². The van der Waals surface area contributed by atoms with E-state index in [2.05, 4.69) is 30.4 Å². The third-order valence-corrected chi connectivity index (χ3v) is 4.72. The van der Waals surface area contributed by atoms with Gasteiger partial charge in [-0.1, -0.05) is 32.6 Å². The summed E-state index contributed by atoms with van der Waals surface area (Å²) in [5.41, 5.74) is 3.05. The average molecular weight is 326 g/mol. The molecular formula is C19H32ClNO. The number of fused-ring (bicyclic) bond motifs is 1. The van der Waals surface area contributed by atoms with Crippen molar-refractivity contribution in [2.45, 2.75) is 70.8 Å². The number of benzene rings is 1. The number of rotatable bonds is 9. The Labute approximate surface area is 142 Å². The van der Waals surface area contributed by atoms with Crippen LogP contribution >= 0.6 is 0 Å². The van der Waals surface area contributed by atoms with E-state index >= 15 is 0 Å². The predicted molar refractivity (Wildman–Crippen MR) is 88.8 cm³/mol. The molecule has 0 heterocycles. The molecule has 0 aromatic heterocycles. The maximum absolute atomic E-state index is 5.35. The Balaban J connectivity index is 0.00000242. The number of ether oxygens (including phenoxy) is 1. The Bertz CT molecular complexity index is 422. The molecule has 1 aliphatic rings. The fourth-order valence-electron chi connectivity index (χ4n) is 3.44. The van der Waals surface area contributed by atoms with Gasteiger partial charge in [-0.05, 0) is 49.4 Å². The SMILES string of the molecule is CCCCCCCC[NH2+]C1CCCc2cc(OC)ccc21.[Cl-]. The molecule has 1 aromatic carbocycles. The molecule has 3 heteroatoms. The molecule has 0 bridgehead atoms. The van der Waals surface area contributed by atoms with Crippen molar-refractivity contribution in [2.24, 2.45) is 0 Å². The first-order valence-corrected chi connectivity index (χ1v) is 8.85. The molecular weight excluding hydrogens is 294 g/mol. The second-order valence-corrected chi connectivity index (χ2v) is 6.36. The predicted octanol–water partition coefficient (Wildman–Crippen LogP) is 1.00. The molecule has 0 saturated heterocycles. The molecule has 1 aliphatic carbocycles. The van der Waals surface area contributed by atoms with E-state index in [9.17, 15) is 0 Å². The molecule has 1 aromatic rings. The topological polar surface area (TPSA) is 25.8 Å².